The number of fused-ring (bicyclic) bond motifs is 4. The smallest absolute Gasteiger partial charge is 0.254 e. The standard InChI is InChI=1S/C23H26N6O3S/c1-14(31)26-23(13-30,12-28-9-15-4-5-16(24-2)8-17(15)21(28)32)20-11-29-18-6-7-27(3)10-19(18)33-22(29)25-20/h4-5,8,11,13,24H,6-7,9-10,12H2,1-3H3,(H,26,31)/t23-/m1/s1. The number of anilines is 1. The molecule has 1 atom stereocenters. The van der Waals surface area contributed by atoms with Crippen molar-refractivity contribution in [1.29, 1.82) is 0 Å². The maximum absolute atomic E-state index is 13.2. The molecule has 4 heterocycles. The SMILES string of the molecule is CNc1ccc2c(c1)C(=O)N(C[C@](C=O)(NC(C)=O)c1cn3c4c(sc3n1)CN(C)CC4)C2. The normalized spacial score (nSPS) is 17.5. The van der Waals surface area contributed by atoms with E-state index in [1.54, 1.807) is 23.3 Å². The number of nitrogens with one attached hydrogen (secondary N) is 2. The molecule has 2 aromatic heterocycles. The second-order valence-electron chi connectivity index (χ2n) is 8.79. The first-order valence-electron chi connectivity index (χ1n) is 10.9. The molecule has 0 aliphatic carbocycles. The minimum atomic E-state index is -1.43. The Morgan fingerprint density at radius 2 is 2.15 bits per heavy atom. The highest BCUT2D eigenvalue weighted by Crippen LogP contribution is 2.33. The number of nitrogens with zero attached hydrogens (tertiary/aromatic N) is 4. The summed E-state index contributed by atoms with van der Waals surface area (Å²) in [5.41, 5.74) is 2.55. The molecule has 0 saturated carbocycles. The summed E-state index contributed by atoms with van der Waals surface area (Å²) in [7, 11) is 3.89. The fourth-order valence-corrected chi connectivity index (χ4v) is 5.95. The predicted octanol–water partition coefficient (Wildman–Crippen LogP) is 1.61. The van der Waals surface area contributed by atoms with E-state index in [2.05, 4.69) is 22.6 Å². The van der Waals surface area contributed by atoms with E-state index in [-0.39, 0.29) is 18.4 Å². The van der Waals surface area contributed by atoms with E-state index in [1.807, 2.05) is 28.8 Å². The van der Waals surface area contributed by atoms with E-state index in [0.29, 0.717) is 24.1 Å². The van der Waals surface area contributed by atoms with Crippen molar-refractivity contribution >= 4 is 40.1 Å². The van der Waals surface area contributed by atoms with Crippen LogP contribution in [0.1, 0.15) is 39.1 Å². The zero-order valence-electron chi connectivity index (χ0n) is 18.8. The van der Waals surface area contributed by atoms with Crippen molar-refractivity contribution in [2.45, 2.75) is 32.0 Å². The number of rotatable bonds is 6. The van der Waals surface area contributed by atoms with Crippen LogP contribution in [-0.4, -0.2) is 64.5 Å². The molecule has 2 N–H and O–H groups in total. The Bertz CT molecular complexity index is 1280. The van der Waals surface area contributed by atoms with Gasteiger partial charge in [0.05, 0.1) is 12.2 Å². The highest BCUT2D eigenvalue weighted by Gasteiger charge is 2.42. The first kappa shape index (κ1) is 21.6. The molecule has 5 rings (SSSR count). The van der Waals surface area contributed by atoms with Crippen LogP contribution in [-0.2, 0) is 34.6 Å². The van der Waals surface area contributed by atoms with Gasteiger partial charge in [-0.1, -0.05) is 17.4 Å². The summed E-state index contributed by atoms with van der Waals surface area (Å²) in [6, 6.07) is 5.64. The van der Waals surface area contributed by atoms with Crippen LogP contribution in [0.15, 0.2) is 24.4 Å². The van der Waals surface area contributed by atoms with Crippen molar-refractivity contribution in [3.8, 4) is 0 Å². The maximum atomic E-state index is 13.2. The molecular weight excluding hydrogens is 440 g/mol. The van der Waals surface area contributed by atoms with Crippen LogP contribution in [0.2, 0.25) is 0 Å². The number of imidazole rings is 1. The molecule has 2 aliphatic rings. The second-order valence-corrected chi connectivity index (χ2v) is 9.85. The van der Waals surface area contributed by atoms with Gasteiger partial charge in [-0.2, -0.15) is 0 Å². The molecule has 10 heteroatoms. The first-order valence-corrected chi connectivity index (χ1v) is 11.7. The highest BCUT2D eigenvalue weighted by atomic mass is 32.1. The molecular formula is C23H26N6O3S. The van der Waals surface area contributed by atoms with Gasteiger partial charge in [-0.15, -0.1) is 0 Å². The van der Waals surface area contributed by atoms with Gasteiger partial charge >= 0.3 is 0 Å². The maximum Gasteiger partial charge on any atom is 0.254 e. The lowest BCUT2D eigenvalue weighted by Gasteiger charge is -2.31. The van der Waals surface area contributed by atoms with Gasteiger partial charge in [-0.3, -0.25) is 14.0 Å². The topological polar surface area (TPSA) is 99.0 Å². The quantitative estimate of drug-likeness (QED) is 0.536. The summed E-state index contributed by atoms with van der Waals surface area (Å²) in [6.45, 7) is 3.57. The molecule has 0 saturated heterocycles. The fraction of sp³-hybridized carbons (Fsp3) is 0.391. The number of amides is 2. The number of likely N-dealkylation sites (N-methyl/N-ethyl adjacent to an activating group) is 1. The average molecular weight is 467 g/mol. The molecule has 0 bridgehead atoms. The average Bonchev–Trinajstić information content (AvgIpc) is 3.44. The molecule has 33 heavy (non-hydrogen) atoms. The molecule has 2 aliphatic heterocycles. The Balaban J connectivity index is 1.51. The fourth-order valence-electron chi connectivity index (χ4n) is 4.72. The number of thiazole rings is 1. The van der Waals surface area contributed by atoms with Crippen molar-refractivity contribution < 1.29 is 14.4 Å². The van der Waals surface area contributed by atoms with E-state index >= 15 is 0 Å². The molecule has 3 aromatic rings. The van der Waals surface area contributed by atoms with E-state index in [0.717, 1.165) is 35.7 Å². The Hall–Kier alpha value is -3.24. The minimum absolute atomic E-state index is 0.00818. The summed E-state index contributed by atoms with van der Waals surface area (Å²) >= 11 is 1.60. The zero-order chi connectivity index (χ0) is 23.3. The van der Waals surface area contributed by atoms with E-state index < -0.39 is 5.54 Å². The summed E-state index contributed by atoms with van der Waals surface area (Å²) < 4.78 is 2.03. The Morgan fingerprint density at radius 1 is 1.33 bits per heavy atom. The number of carbonyl (C=O) groups is 3. The van der Waals surface area contributed by atoms with Crippen LogP contribution in [0.25, 0.3) is 4.96 Å². The van der Waals surface area contributed by atoms with Crippen LogP contribution in [0.4, 0.5) is 5.69 Å². The third kappa shape index (κ3) is 3.59. The van der Waals surface area contributed by atoms with Gasteiger partial charge in [0.1, 0.15) is 0 Å². The van der Waals surface area contributed by atoms with Gasteiger partial charge in [0.15, 0.2) is 16.8 Å². The number of benzene rings is 1. The molecule has 0 radical (unpaired) electrons. The van der Waals surface area contributed by atoms with Crippen LogP contribution in [0, 0.1) is 0 Å². The molecule has 0 spiro atoms. The Kier molecular flexibility index (Phi) is 5.21. The van der Waals surface area contributed by atoms with E-state index in [1.165, 1.54) is 17.5 Å². The van der Waals surface area contributed by atoms with Crippen molar-refractivity contribution in [2.24, 2.45) is 0 Å². The Morgan fingerprint density at radius 3 is 2.88 bits per heavy atom. The molecule has 172 valence electrons. The van der Waals surface area contributed by atoms with Gasteiger partial charge in [0.25, 0.3) is 5.91 Å². The van der Waals surface area contributed by atoms with Crippen LogP contribution >= 0.6 is 11.3 Å². The summed E-state index contributed by atoms with van der Waals surface area (Å²) in [5, 5.41) is 5.85. The van der Waals surface area contributed by atoms with Gasteiger partial charge in [0.2, 0.25) is 5.91 Å². The molecule has 2 amide bonds. The van der Waals surface area contributed by atoms with Crippen molar-refractivity contribution in [3.05, 3.63) is 51.8 Å². The zero-order valence-corrected chi connectivity index (χ0v) is 19.7. The summed E-state index contributed by atoms with van der Waals surface area (Å²) in [4.78, 5) is 48.5. The summed E-state index contributed by atoms with van der Waals surface area (Å²) in [6.07, 6.45) is 3.44. The van der Waals surface area contributed by atoms with Gasteiger partial charge in [-0.05, 0) is 24.7 Å². The van der Waals surface area contributed by atoms with Gasteiger partial charge in [0, 0.05) is 68.0 Å². The molecule has 0 unspecified atom stereocenters. The number of aldehydes is 1. The van der Waals surface area contributed by atoms with Crippen molar-refractivity contribution in [2.75, 3.05) is 32.5 Å². The van der Waals surface area contributed by atoms with Crippen molar-refractivity contribution in [3.63, 3.8) is 0 Å². The van der Waals surface area contributed by atoms with Crippen LogP contribution in [0.5, 0.6) is 0 Å². The van der Waals surface area contributed by atoms with Crippen LogP contribution < -0.4 is 10.6 Å². The third-order valence-corrected chi connectivity index (χ3v) is 7.50. The lowest BCUT2D eigenvalue weighted by atomic mass is 9.96. The predicted molar refractivity (Wildman–Crippen MR) is 125 cm³/mol. The highest BCUT2D eigenvalue weighted by molar-refractivity contribution is 7.17. The second kappa shape index (κ2) is 7.96. The lowest BCUT2D eigenvalue weighted by Crippen LogP contribution is -2.54. The lowest BCUT2D eigenvalue weighted by molar-refractivity contribution is -0.126. The number of carbonyl (C=O) groups excluding carboxylic acids is 3. The molecule has 0 fully saturated rings. The van der Waals surface area contributed by atoms with E-state index in [9.17, 15) is 14.4 Å². The van der Waals surface area contributed by atoms with Crippen LogP contribution in [0.3, 0.4) is 0 Å². The number of hydrogen-bond donors (Lipinski definition) is 2. The van der Waals surface area contributed by atoms with Gasteiger partial charge in [-0.25, -0.2) is 4.98 Å². The summed E-state index contributed by atoms with van der Waals surface area (Å²) in [5.74, 6) is -0.524. The molecule has 9 nitrogen and oxygen atoms in total. The minimum Gasteiger partial charge on any atom is -0.388 e. The Labute approximate surface area is 195 Å². The largest absolute Gasteiger partial charge is 0.388 e. The van der Waals surface area contributed by atoms with Crippen molar-refractivity contribution in [1.82, 2.24) is 24.5 Å². The first-order chi connectivity index (χ1) is 15.8. The van der Waals surface area contributed by atoms with E-state index in [4.69, 9.17) is 4.98 Å². The number of hydrogen-bond acceptors (Lipinski definition) is 7. The monoisotopic (exact) mass is 466 g/mol. The molecule has 1 aromatic carbocycles. The van der Waals surface area contributed by atoms with Gasteiger partial charge < -0.3 is 25.2 Å². The third-order valence-electron chi connectivity index (χ3n) is 6.42. The number of aromatic nitrogens is 2.